The molecule has 2 aromatic heterocycles. The summed E-state index contributed by atoms with van der Waals surface area (Å²) in [5.74, 6) is -0.114. The number of nitrogens with one attached hydrogen (secondary N) is 1. The topological polar surface area (TPSA) is 56.1 Å². The molecular formula is C25H25N3O2. The maximum Gasteiger partial charge on any atom is 0.254 e. The van der Waals surface area contributed by atoms with Crippen molar-refractivity contribution in [3.63, 3.8) is 0 Å². The fraction of sp³-hybridized carbons (Fsp3) is 0.200. The van der Waals surface area contributed by atoms with Gasteiger partial charge in [0.15, 0.2) is 0 Å². The summed E-state index contributed by atoms with van der Waals surface area (Å²) in [4.78, 5) is 17.6. The number of hydrogen-bond acceptors (Lipinski definition) is 3. The van der Waals surface area contributed by atoms with Gasteiger partial charge in [-0.15, -0.1) is 0 Å². The summed E-state index contributed by atoms with van der Waals surface area (Å²) in [5, 5.41) is 4.15. The first-order chi connectivity index (χ1) is 14.7. The number of carbonyl (C=O) groups is 1. The first-order valence-electron chi connectivity index (χ1n) is 10.0. The molecule has 0 saturated carbocycles. The van der Waals surface area contributed by atoms with E-state index in [9.17, 15) is 4.79 Å². The Kier molecular flexibility index (Phi) is 5.91. The van der Waals surface area contributed by atoms with Gasteiger partial charge in [-0.05, 0) is 30.2 Å². The zero-order valence-electron chi connectivity index (χ0n) is 17.2. The van der Waals surface area contributed by atoms with Crippen LogP contribution in [0.2, 0.25) is 0 Å². The van der Waals surface area contributed by atoms with Gasteiger partial charge in [-0.3, -0.25) is 9.78 Å². The number of ether oxygens (including phenoxy) is 1. The first-order valence-corrected chi connectivity index (χ1v) is 10.0. The van der Waals surface area contributed by atoms with Crippen molar-refractivity contribution in [1.82, 2.24) is 14.9 Å². The Hall–Kier alpha value is -3.44. The van der Waals surface area contributed by atoms with Crippen LogP contribution in [-0.4, -0.2) is 29.2 Å². The number of pyridine rings is 1. The van der Waals surface area contributed by atoms with E-state index < -0.39 is 0 Å². The van der Waals surface area contributed by atoms with E-state index in [-0.39, 0.29) is 11.9 Å². The summed E-state index contributed by atoms with van der Waals surface area (Å²) >= 11 is 0. The van der Waals surface area contributed by atoms with Gasteiger partial charge < -0.3 is 14.6 Å². The molecule has 4 rings (SSSR count). The number of fused-ring (bicyclic) bond motifs is 1. The zero-order valence-corrected chi connectivity index (χ0v) is 17.2. The number of carbonyl (C=O) groups excluding carboxylic acids is 1. The van der Waals surface area contributed by atoms with Gasteiger partial charge in [0, 0.05) is 43.1 Å². The van der Waals surface area contributed by atoms with Crippen LogP contribution in [0.3, 0.4) is 0 Å². The number of para-hydroxylation sites is 1. The first kappa shape index (κ1) is 19.9. The van der Waals surface area contributed by atoms with E-state index in [1.165, 1.54) is 5.56 Å². The van der Waals surface area contributed by atoms with Crippen LogP contribution in [-0.2, 0) is 11.3 Å². The molecule has 4 aromatic rings. The second kappa shape index (κ2) is 8.93. The molecule has 0 aliphatic rings. The van der Waals surface area contributed by atoms with Gasteiger partial charge in [-0.2, -0.15) is 0 Å². The van der Waals surface area contributed by atoms with Crippen molar-refractivity contribution in [3.8, 4) is 0 Å². The fourth-order valence-electron chi connectivity index (χ4n) is 3.68. The number of aryl methyl sites for hydroxylation is 1. The van der Waals surface area contributed by atoms with Gasteiger partial charge in [0.25, 0.3) is 5.91 Å². The van der Waals surface area contributed by atoms with Crippen molar-refractivity contribution in [1.29, 1.82) is 0 Å². The van der Waals surface area contributed by atoms with E-state index in [1.54, 1.807) is 19.5 Å². The second-order valence-electron chi connectivity index (χ2n) is 7.35. The van der Waals surface area contributed by atoms with E-state index in [2.05, 4.69) is 46.1 Å². The highest BCUT2D eigenvalue weighted by atomic mass is 16.5. The van der Waals surface area contributed by atoms with Gasteiger partial charge in [0.1, 0.15) is 0 Å². The monoisotopic (exact) mass is 399 g/mol. The van der Waals surface area contributed by atoms with Crippen LogP contribution in [0, 0.1) is 6.92 Å². The average Bonchev–Trinajstić information content (AvgIpc) is 3.16. The van der Waals surface area contributed by atoms with Crippen molar-refractivity contribution in [3.05, 3.63) is 102 Å². The number of amides is 1. The van der Waals surface area contributed by atoms with Crippen LogP contribution < -0.4 is 5.32 Å². The minimum Gasteiger partial charge on any atom is -0.383 e. The maximum absolute atomic E-state index is 13.4. The van der Waals surface area contributed by atoms with E-state index in [0.717, 1.165) is 22.0 Å². The molecule has 1 amide bonds. The highest BCUT2D eigenvalue weighted by Gasteiger charge is 2.21. The Labute approximate surface area is 176 Å². The van der Waals surface area contributed by atoms with Crippen LogP contribution in [0.1, 0.15) is 33.1 Å². The molecule has 30 heavy (non-hydrogen) atoms. The number of benzene rings is 2. The number of methoxy groups -OCH3 is 1. The molecule has 0 saturated heterocycles. The standard InChI is InChI=1S/C25H25N3O2/c1-18-9-11-19(12-10-18)24(20-6-5-13-26-16-20)27-25(29)22-17-28(14-15-30-2)23-8-4-3-7-21(22)23/h3-13,16-17,24H,14-15H2,1-2H3,(H,27,29)/t24-/m1/s1. The fourth-order valence-corrected chi connectivity index (χ4v) is 3.68. The van der Waals surface area contributed by atoms with E-state index in [1.807, 2.05) is 42.6 Å². The third-order valence-electron chi connectivity index (χ3n) is 5.27. The molecule has 0 unspecified atom stereocenters. The quantitative estimate of drug-likeness (QED) is 0.497. The molecule has 0 aliphatic heterocycles. The summed E-state index contributed by atoms with van der Waals surface area (Å²) in [6.07, 6.45) is 5.45. The summed E-state index contributed by atoms with van der Waals surface area (Å²) in [7, 11) is 1.68. The molecule has 5 heteroatoms. The van der Waals surface area contributed by atoms with Crippen molar-refractivity contribution in [2.45, 2.75) is 19.5 Å². The average molecular weight is 399 g/mol. The van der Waals surface area contributed by atoms with Gasteiger partial charge in [0.2, 0.25) is 0 Å². The number of rotatable bonds is 7. The molecule has 1 N–H and O–H groups in total. The summed E-state index contributed by atoms with van der Waals surface area (Å²) in [6.45, 7) is 3.33. The summed E-state index contributed by atoms with van der Waals surface area (Å²) in [5.41, 5.74) is 4.81. The molecule has 2 aromatic carbocycles. The predicted molar refractivity (Wildman–Crippen MR) is 119 cm³/mol. The zero-order chi connectivity index (χ0) is 20.9. The smallest absolute Gasteiger partial charge is 0.254 e. The number of hydrogen-bond donors (Lipinski definition) is 1. The molecule has 0 spiro atoms. The lowest BCUT2D eigenvalue weighted by Crippen LogP contribution is -2.29. The molecule has 0 bridgehead atoms. The van der Waals surface area contributed by atoms with Crippen molar-refractivity contribution in [2.24, 2.45) is 0 Å². The molecule has 0 radical (unpaired) electrons. The Balaban J connectivity index is 1.70. The summed E-state index contributed by atoms with van der Waals surface area (Å²) in [6, 6.07) is 19.8. The van der Waals surface area contributed by atoms with Crippen molar-refractivity contribution in [2.75, 3.05) is 13.7 Å². The predicted octanol–water partition coefficient (Wildman–Crippen LogP) is 4.51. The van der Waals surface area contributed by atoms with Crippen LogP contribution in [0.5, 0.6) is 0 Å². The van der Waals surface area contributed by atoms with Crippen LogP contribution in [0.15, 0.2) is 79.3 Å². The number of nitrogens with zero attached hydrogens (tertiary/aromatic N) is 2. The normalized spacial score (nSPS) is 12.1. The largest absolute Gasteiger partial charge is 0.383 e. The number of aromatic nitrogens is 2. The third-order valence-corrected chi connectivity index (χ3v) is 5.27. The Morgan fingerprint density at radius 1 is 1.07 bits per heavy atom. The Bertz CT molecular complexity index is 1130. The van der Waals surface area contributed by atoms with Gasteiger partial charge in [0.05, 0.1) is 18.2 Å². The highest BCUT2D eigenvalue weighted by Crippen LogP contribution is 2.25. The third kappa shape index (κ3) is 4.11. The van der Waals surface area contributed by atoms with E-state index in [4.69, 9.17) is 4.74 Å². The second-order valence-corrected chi connectivity index (χ2v) is 7.35. The molecule has 0 aliphatic carbocycles. The van der Waals surface area contributed by atoms with Crippen LogP contribution in [0.4, 0.5) is 0 Å². The Morgan fingerprint density at radius 2 is 1.87 bits per heavy atom. The van der Waals surface area contributed by atoms with Gasteiger partial charge >= 0.3 is 0 Å². The molecule has 152 valence electrons. The van der Waals surface area contributed by atoms with Gasteiger partial charge in [-0.1, -0.05) is 54.1 Å². The lowest BCUT2D eigenvalue weighted by atomic mass is 9.98. The van der Waals surface area contributed by atoms with Gasteiger partial charge in [-0.25, -0.2) is 0 Å². The SMILES string of the molecule is COCCn1cc(C(=O)N[C@H](c2ccc(C)cc2)c2cccnc2)c2ccccc21. The van der Waals surface area contributed by atoms with Crippen LogP contribution >= 0.6 is 0 Å². The highest BCUT2D eigenvalue weighted by molar-refractivity contribution is 6.07. The summed E-state index contributed by atoms with van der Waals surface area (Å²) < 4.78 is 7.29. The molecule has 2 heterocycles. The molecule has 1 atom stereocenters. The lowest BCUT2D eigenvalue weighted by Gasteiger charge is -2.19. The maximum atomic E-state index is 13.4. The molecule has 0 fully saturated rings. The molecular weight excluding hydrogens is 374 g/mol. The van der Waals surface area contributed by atoms with Crippen molar-refractivity contribution < 1.29 is 9.53 Å². The van der Waals surface area contributed by atoms with E-state index >= 15 is 0 Å². The minimum atomic E-state index is -0.284. The lowest BCUT2D eigenvalue weighted by molar-refractivity contribution is 0.0944. The van der Waals surface area contributed by atoms with E-state index in [0.29, 0.717) is 18.7 Å². The Morgan fingerprint density at radius 3 is 2.60 bits per heavy atom. The van der Waals surface area contributed by atoms with Crippen LogP contribution in [0.25, 0.3) is 10.9 Å². The van der Waals surface area contributed by atoms with Crippen molar-refractivity contribution >= 4 is 16.8 Å². The minimum absolute atomic E-state index is 0.114. The molecule has 5 nitrogen and oxygen atoms in total.